The van der Waals surface area contributed by atoms with E-state index in [4.69, 9.17) is 0 Å². The molecule has 9 nitrogen and oxygen atoms in total. The molecular formula is C25H27N7O2S. The van der Waals surface area contributed by atoms with Crippen molar-refractivity contribution in [2.45, 2.75) is 23.7 Å². The van der Waals surface area contributed by atoms with Gasteiger partial charge in [0.2, 0.25) is 0 Å². The van der Waals surface area contributed by atoms with Crippen LogP contribution in [-0.2, 0) is 15.7 Å². The minimum atomic E-state index is -3.64. The molecule has 1 fully saturated rings. The molecule has 0 aliphatic carbocycles. The second-order valence-electron chi connectivity index (χ2n) is 8.61. The van der Waals surface area contributed by atoms with E-state index in [-0.39, 0.29) is 16.8 Å². The number of anilines is 1. The predicted octanol–water partition coefficient (Wildman–Crippen LogP) is 2.72. The second-order valence-corrected chi connectivity index (χ2v) is 10.6. The van der Waals surface area contributed by atoms with E-state index < -0.39 is 9.84 Å². The minimum Gasteiger partial charge on any atom is -0.369 e. The summed E-state index contributed by atoms with van der Waals surface area (Å²) in [5.41, 5.74) is 2.97. The molecule has 2 aromatic heterocycles. The van der Waals surface area contributed by atoms with Gasteiger partial charge in [0.05, 0.1) is 10.6 Å². The molecular weight excluding hydrogens is 462 g/mol. The number of tetrazole rings is 1. The van der Waals surface area contributed by atoms with Crippen molar-refractivity contribution in [2.24, 2.45) is 0 Å². The Hall–Kier alpha value is -3.63. The molecule has 2 aromatic carbocycles. The third-order valence-electron chi connectivity index (χ3n) is 6.25. The lowest BCUT2D eigenvalue weighted by Crippen LogP contribution is -2.48. The number of hydrogen-bond donors (Lipinski definition) is 0. The average molecular weight is 490 g/mol. The van der Waals surface area contributed by atoms with Crippen molar-refractivity contribution >= 4 is 15.5 Å². The SMILES string of the molecule is Cc1ccc(S(=O)(=O)Cn2nnnc2[C@@H](c2ccccn2)N2CCN(c3ccccc3)CC2)cc1. The second kappa shape index (κ2) is 9.93. The van der Waals surface area contributed by atoms with Crippen molar-refractivity contribution in [3.63, 3.8) is 0 Å². The number of aryl methyl sites for hydroxylation is 1. The van der Waals surface area contributed by atoms with Gasteiger partial charge >= 0.3 is 0 Å². The maximum atomic E-state index is 13.1. The highest BCUT2D eigenvalue weighted by molar-refractivity contribution is 7.90. The molecule has 10 heteroatoms. The lowest BCUT2D eigenvalue weighted by molar-refractivity contribution is 0.198. The van der Waals surface area contributed by atoms with Gasteiger partial charge in [0, 0.05) is 38.1 Å². The Labute approximate surface area is 204 Å². The van der Waals surface area contributed by atoms with Gasteiger partial charge in [-0.05, 0) is 53.7 Å². The lowest BCUT2D eigenvalue weighted by Gasteiger charge is -2.39. The summed E-state index contributed by atoms with van der Waals surface area (Å²) in [6.45, 7) is 5.10. The first kappa shape index (κ1) is 23.1. The number of benzene rings is 2. The predicted molar refractivity (Wildman–Crippen MR) is 132 cm³/mol. The molecule has 1 aliphatic rings. The van der Waals surface area contributed by atoms with Gasteiger partial charge < -0.3 is 4.90 Å². The average Bonchev–Trinajstić information content (AvgIpc) is 3.33. The van der Waals surface area contributed by atoms with Crippen LogP contribution in [0.15, 0.2) is 83.9 Å². The van der Waals surface area contributed by atoms with Gasteiger partial charge in [-0.25, -0.2) is 13.1 Å². The molecule has 180 valence electrons. The fraction of sp³-hybridized carbons (Fsp3) is 0.280. The van der Waals surface area contributed by atoms with Crippen LogP contribution in [0.5, 0.6) is 0 Å². The third-order valence-corrected chi connectivity index (χ3v) is 7.82. The molecule has 0 radical (unpaired) electrons. The molecule has 1 aliphatic heterocycles. The number of sulfone groups is 1. The van der Waals surface area contributed by atoms with E-state index in [2.05, 4.69) is 42.4 Å². The van der Waals surface area contributed by atoms with Crippen LogP contribution in [0.4, 0.5) is 5.69 Å². The monoisotopic (exact) mass is 489 g/mol. The van der Waals surface area contributed by atoms with E-state index in [0.717, 1.165) is 37.4 Å². The van der Waals surface area contributed by atoms with E-state index in [1.165, 1.54) is 10.4 Å². The van der Waals surface area contributed by atoms with Crippen molar-refractivity contribution in [1.82, 2.24) is 30.1 Å². The van der Waals surface area contributed by atoms with Gasteiger partial charge in [-0.15, -0.1) is 5.10 Å². The molecule has 1 atom stereocenters. The maximum absolute atomic E-state index is 13.1. The number of hydrogen-bond acceptors (Lipinski definition) is 8. The summed E-state index contributed by atoms with van der Waals surface area (Å²) in [6, 6.07) is 22.5. The summed E-state index contributed by atoms with van der Waals surface area (Å²) < 4.78 is 27.7. The van der Waals surface area contributed by atoms with Crippen LogP contribution in [0.25, 0.3) is 0 Å². The summed E-state index contributed by atoms with van der Waals surface area (Å²) >= 11 is 0. The van der Waals surface area contributed by atoms with Crippen LogP contribution in [0, 0.1) is 6.92 Å². The summed E-state index contributed by atoms with van der Waals surface area (Å²) in [7, 11) is -3.64. The molecule has 0 bridgehead atoms. The summed E-state index contributed by atoms with van der Waals surface area (Å²) in [4.78, 5) is 9.44. The van der Waals surface area contributed by atoms with Gasteiger partial charge in [0.1, 0.15) is 6.04 Å². The molecule has 0 unspecified atom stereocenters. The van der Waals surface area contributed by atoms with Crippen molar-refractivity contribution in [3.8, 4) is 0 Å². The van der Waals surface area contributed by atoms with Crippen molar-refractivity contribution in [2.75, 3.05) is 31.1 Å². The molecule has 4 aromatic rings. The molecule has 0 spiro atoms. The first-order valence-corrected chi connectivity index (χ1v) is 13.2. The van der Waals surface area contributed by atoms with Crippen LogP contribution >= 0.6 is 0 Å². The van der Waals surface area contributed by atoms with Gasteiger partial charge in [0.15, 0.2) is 21.5 Å². The minimum absolute atomic E-state index is 0.246. The number of para-hydroxylation sites is 1. The van der Waals surface area contributed by atoms with Crippen LogP contribution in [-0.4, -0.2) is 64.7 Å². The molecule has 3 heterocycles. The van der Waals surface area contributed by atoms with Crippen LogP contribution in [0.1, 0.15) is 23.1 Å². The Bertz CT molecular complexity index is 1350. The van der Waals surface area contributed by atoms with Gasteiger partial charge in [-0.2, -0.15) is 0 Å². The van der Waals surface area contributed by atoms with Gasteiger partial charge in [0.25, 0.3) is 0 Å². The van der Waals surface area contributed by atoms with Crippen LogP contribution < -0.4 is 4.90 Å². The number of nitrogens with zero attached hydrogens (tertiary/aromatic N) is 7. The molecule has 1 saturated heterocycles. The molecule has 0 amide bonds. The highest BCUT2D eigenvalue weighted by Crippen LogP contribution is 2.28. The Morgan fingerprint density at radius 3 is 2.29 bits per heavy atom. The van der Waals surface area contributed by atoms with Crippen LogP contribution in [0.2, 0.25) is 0 Å². The number of aromatic nitrogens is 5. The number of piperazine rings is 1. The van der Waals surface area contributed by atoms with E-state index in [9.17, 15) is 8.42 Å². The molecule has 0 saturated carbocycles. The normalized spacial score (nSPS) is 15.7. The van der Waals surface area contributed by atoms with E-state index >= 15 is 0 Å². The molecule has 35 heavy (non-hydrogen) atoms. The Kier molecular flexibility index (Phi) is 6.56. The maximum Gasteiger partial charge on any atom is 0.198 e. The molecule has 5 rings (SSSR count). The third kappa shape index (κ3) is 5.08. The summed E-state index contributed by atoms with van der Waals surface area (Å²) in [5.74, 6) is 0.124. The smallest absolute Gasteiger partial charge is 0.198 e. The van der Waals surface area contributed by atoms with Gasteiger partial charge in [-0.3, -0.25) is 9.88 Å². The van der Waals surface area contributed by atoms with E-state index in [1.807, 2.05) is 43.3 Å². The highest BCUT2D eigenvalue weighted by atomic mass is 32.2. The van der Waals surface area contributed by atoms with E-state index in [1.54, 1.807) is 30.5 Å². The van der Waals surface area contributed by atoms with Crippen LogP contribution in [0.3, 0.4) is 0 Å². The zero-order valence-electron chi connectivity index (χ0n) is 19.5. The largest absolute Gasteiger partial charge is 0.369 e. The zero-order valence-corrected chi connectivity index (χ0v) is 20.3. The fourth-order valence-corrected chi connectivity index (χ4v) is 5.58. The molecule has 0 N–H and O–H groups in total. The first-order valence-electron chi connectivity index (χ1n) is 11.5. The van der Waals surface area contributed by atoms with Crippen molar-refractivity contribution in [3.05, 3.63) is 96.1 Å². The topological polar surface area (TPSA) is 97.1 Å². The summed E-state index contributed by atoms with van der Waals surface area (Å²) in [6.07, 6.45) is 1.74. The van der Waals surface area contributed by atoms with E-state index in [0.29, 0.717) is 5.82 Å². The fourth-order valence-electron chi connectivity index (χ4n) is 4.38. The Balaban J connectivity index is 1.43. The van der Waals surface area contributed by atoms with Crippen molar-refractivity contribution < 1.29 is 8.42 Å². The first-order chi connectivity index (χ1) is 17.0. The number of rotatable bonds is 7. The Morgan fingerprint density at radius 2 is 1.60 bits per heavy atom. The summed E-state index contributed by atoms with van der Waals surface area (Å²) in [5, 5.41) is 12.2. The number of pyridine rings is 1. The standard InChI is InChI=1S/C25H27N7O2S/c1-20-10-12-22(13-11-20)35(33,34)19-32-25(27-28-29-32)24(23-9-5-6-14-26-23)31-17-15-30(16-18-31)21-7-3-2-4-8-21/h2-14,24H,15-19H2,1H3/t24-/m1/s1. The lowest BCUT2D eigenvalue weighted by atomic mass is 10.1. The Morgan fingerprint density at radius 1 is 0.886 bits per heavy atom. The highest BCUT2D eigenvalue weighted by Gasteiger charge is 2.32. The van der Waals surface area contributed by atoms with Crippen molar-refractivity contribution in [1.29, 1.82) is 0 Å². The zero-order chi connectivity index (χ0) is 24.3. The van der Waals surface area contributed by atoms with Gasteiger partial charge in [-0.1, -0.05) is 42.0 Å². The quantitative estimate of drug-likeness (QED) is 0.391.